The number of carbonyl (C=O) groups is 3. The lowest BCUT2D eigenvalue weighted by molar-refractivity contribution is -0.161. The zero-order valence-corrected chi connectivity index (χ0v) is 35.5. The molecule has 0 saturated heterocycles. The van der Waals surface area contributed by atoms with Gasteiger partial charge in [0.2, 0.25) is 0 Å². The molecule has 0 saturated carbocycles. The van der Waals surface area contributed by atoms with Crippen LogP contribution in [0.2, 0.25) is 0 Å². The van der Waals surface area contributed by atoms with Crippen molar-refractivity contribution in [3.8, 4) is 0 Å². The normalized spacial score (nSPS) is 14.1. The van der Waals surface area contributed by atoms with E-state index in [0.717, 1.165) is 77.0 Å². The van der Waals surface area contributed by atoms with Gasteiger partial charge < -0.3 is 20.1 Å². The Morgan fingerprint density at radius 3 is 1.77 bits per heavy atom. The van der Waals surface area contributed by atoms with Crippen LogP contribution in [0.25, 0.3) is 0 Å². The van der Waals surface area contributed by atoms with Crippen molar-refractivity contribution in [3.63, 3.8) is 0 Å². The number of phosphoric ester groups is 1. The Labute approximate surface area is 339 Å². The van der Waals surface area contributed by atoms with Gasteiger partial charge in [-0.1, -0.05) is 138 Å². The summed E-state index contributed by atoms with van der Waals surface area (Å²) in [5.41, 5.74) is 5.33. The predicted molar refractivity (Wildman–Crippen MR) is 229 cm³/mol. The molecule has 0 fully saturated rings. The van der Waals surface area contributed by atoms with E-state index >= 15 is 0 Å². The number of ether oxygens (including phenoxy) is 2. The van der Waals surface area contributed by atoms with Gasteiger partial charge in [0, 0.05) is 25.8 Å². The van der Waals surface area contributed by atoms with E-state index in [9.17, 15) is 23.8 Å². The number of esters is 2. The molecule has 0 heterocycles. The fourth-order valence-corrected chi connectivity index (χ4v) is 5.83. The van der Waals surface area contributed by atoms with Crippen LogP contribution in [0.15, 0.2) is 85.1 Å². The fourth-order valence-electron chi connectivity index (χ4n) is 5.07. The van der Waals surface area contributed by atoms with Crippen LogP contribution in [0.5, 0.6) is 0 Å². The molecule has 2 atom stereocenters. The summed E-state index contributed by atoms with van der Waals surface area (Å²) >= 11 is 0. The molecule has 0 aliphatic carbocycles. The molecule has 56 heavy (non-hydrogen) atoms. The van der Waals surface area contributed by atoms with Gasteiger partial charge in [0.15, 0.2) is 11.9 Å². The molecular weight excluding hydrogens is 729 g/mol. The van der Waals surface area contributed by atoms with E-state index in [0.29, 0.717) is 19.3 Å². The minimum atomic E-state index is -4.42. The van der Waals surface area contributed by atoms with Gasteiger partial charge >= 0.3 is 19.8 Å². The Morgan fingerprint density at radius 1 is 0.589 bits per heavy atom. The monoisotopic (exact) mass is 804 g/mol. The van der Waals surface area contributed by atoms with Gasteiger partial charge in [0.25, 0.3) is 0 Å². The van der Waals surface area contributed by atoms with E-state index in [2.05, 4.69) is 68.5 Å². The van der Waals surface area contributed by atoms with E-state index in [1.807, 2.05) is 18.2 Å². The van der Waals surface area contributed by atoms with Crippen molar-refractivity contribution in [1.82, 2.24) is 0 Å². The first kappa shape index (κ1) is 52.9. The van der Waals surface area contributed by atoms with Crippen LogP contribution in [-0.4, -0.2) is 55.1 Å². The first-order valence-electron chi connectivity index (χ1n) is 21.0. The second-order valence-corrected chi connectivity index (χ2v) is 15.0. The first-order chi connectivity index (χ1) is 27.2. The molecule has 0 radical (unpaired) electrons. The van der Waals surface area contributed by atoms with Crippen LogP contribution in [0, 0.1) is 0 Å². The zero-order valence-electron chi connectivity index (χ0n) is 34.6. The maximum Gasteiger partial charge on any atom is 0.472 e. The maximum absolute atomic E-state index is 12.6. The Kier molecular flexibility index (Phi) is 37.8. The molecule has 1 unspecified atom stereocenters. The summed E-state index contributed by atoms with van der Waals surface area (Å²) in [6.07, 6.45) is 46.1. The zero-order chi connectivity index (χ0) is 41.2. The molecule has 11 heteroatoms. The average molecular weight is 804 g/mol. The van der Waals surface area contributed by atoms with Gasteiger partial charge in [-0.3, -0.25) is 23.4 Å². The molecular formula is C45H74NO9P. The number of hydrogen-bond donors (Lipinski definition) is 2. The molecule has 0 aromatic carbocycles. The molecule has 0 bridgehead atoms. The van der Waals surface area contributed by atoms with Crippen LogP contribution >= 0.6 is 7.82 Å². The third-order valence-corrected chi connectivity index (χ3v) is 9.23. The Bertz CT molecular complexity index is 1250. The van der Waals surface area contributed by atoms with Gasteiger partial charge in [0.05, 0.1) is 13.2 Å². The van der Waals surface area contributed by atoms with Crippen molar-refractivity contribution in [2.24, 2.45) is 5.73 Å². The summed E-state index contributed by atoms with van der Waals surface area (Å²) in [6.45, 7) is 3.38. The summed E-state index contributed by atoms with van der Waals surface area (Å²) in [6, 6.07) is 0. The van der Waals surface area contributed by atoms with E-state index in [1.165, 1.54) is 25.7 Å². The second-order valence-electron chi connectivity index (χ2n) is 13.5. The molecule has 0 amide bonds. The smallest absolute Gasteiger partial charge is 0.462 e. The highest BCUT2D eigenvalue weighted by molar-refractivity contribution is 7.47. The Balaban J connectivity index is 4.38. The lowest BCUT2D eigenvalue weighted by atomic mass is 10.1. The molecule has 0 aliphatic rings. The predicted octanol–water partition coefficient (Wildman–Crippen LogP) is 11.2. The first-order valence-corrected chi connectivity index (χ1v) is 22.5. The van der Waals surface area contributed by atoms with Crippen molar-refractivity contribution in [2.75, 3.05) is 26.4 Å². The van der Waals surface area contributed by atoms with E-state index < -0.39 is 32.5 Å². The van der Waals surface area contributed by atoms with Gasteiger partial charge in [0.1, 0.15) is 6.61 Å². The summed E-state index contributed by atoms with van der Waals surface area (Å²) in [7, 11) is -4.42. The lowest BCUT2D eigenvalue weighted by Gasteiger charge is -2.19. The Morgan fingerprint density at radius 2 is 1.12 bits per heavy atom. The van der Waals surface area contributed by atoms with Crippen molar-refractivity contribution < 1.29 is 42.4 Å². The number of unbranched alkanes of at least 4 members (excludes halogenated alkanes) is 10. The Hall–Kier alpha value is -3.14. The number of carbonyl (C=O) groups excluding carboxylic acids is 3. The van der Waals surface area contributed by atoms with Crippen LogP contribution in [-0.2, 0) is 37.5 Å². The van der Waals surface area contributed by atoms with Gasteiger partial charge in [-0.05, 0) is 76.7 Å². The maximum atomic E-state index is 12.6. The van der Waals surface area contributed by atoms with Crippen molar-refractivity contribution in [1.29, 1.82) is 0 Å². The van der Waals surface area contributed by atoms with Crippen molar-refractivity contribution in [2.45, 2.75) is 155 Å². The van der Waals surface area contributed by atoms with Gasteiger partial charge in [-0.15, -0.1) is 0 Å². The minimum absolute atomic E-state index is 0.0252. The van der Waals surface area contributed by atoms with Crippen LogP contribution < -0.4 is 5.73 Å². The molecule has 3 N–H and O–H groups in total. The largest absolute Gasteiger partial charge is 0.472 e. The van der Waals surface area contributed by atoms with E-state index in [4.69, 9.17) is 24.3 Å². The molecule has 0 aromatic heterocycles. The molecule has 0 spiro atoms. The number of phosphoric acid groups is 1. The molecule has 0 aromatic rings. The van der Waals surface area contributed by atoms with Gasteiger partial charge in [-0.25, -0.2) is 4.57 Å². The quantitative estimate of drug-likeness (QED) is 0.0154. The van der Waals surface area contributed by atoms with Crippen LogP contribution in [0.3, 0.4) is 0 Å². The highest BCUT2D eigenvalue weighted by Crippen LogP contribution is 2.43. The fraction of sp³-hybridized carbons (Fsp3) is 0.622. The number of rotatable bonds is 38. The molecule has 0 rings (SSSR count). The second kappa shape index (κ2) is 40.1. The standard InChI is InChI=1S/C45H74NO9P/c1-3-5-7-8-9-10-11-12-13-14-15-16-17-18-19-22-25-28-32-36-44(48)52-40-43(41-54-56(50,51)53-39-38-46)55-45(49)37-33-29-26-23-20-21-24-27-31-35-42(47)34-30-6-4-2/h9-10,12-13,15-16,18-19,24-25,27-28,31,35,43H,3-8,11,14,17,20-23,26,29-30,32-34,36-41,46H2,1-2H3,(H,50,51)/b10-9-,13-12-,16-15-,19-18-,27-24-,28-25-,35-31+/t43-/m1/s1. The van der Waals surface area contributed by atoms with Crippen LogP contribution in [0.1, 0.15) is 149 Å². The number of nitrogens with two attached hydrogens (primary N) is 1. The minimum Gasteiger partial charge on any atom is -0.462 e. The highest BCUT2D eigenvalue weighted by Gasteiger charge is 2.25. The third-order valence-electron chi connectivity index (χ3n) is 8.24. The molecule has 10 nitrogen and oxygen atoms in total. The summed E-state index contributed by atoms with van der Waals surface area (Å²) < 4.78 is 32.6. The van der Waals surface area contributed by atoms with E-state index in [1.54, 1.807) is 12.2 Å². The topological polar surface area (TPSA) is 151 Å². The van der Waals surface area contributed by atoms with Crippen LogP contribution in [0.4, 0.5) is 0 Å². The highest BCUT2D eigenvalue weighted by atomic mass is 31.2. The van der Waals surface area contributed by atoms with Crippen molar-refractivity contribution >= 4 is 25.5 Å². The van der Waals surface area contributed by atoms with Crippen molar-refractivity contribution in [3.05, 3.63) is 85.1 Å². The SMILES string of the molecule is CCCCC/C=C\C/C=C\C/C=C\C/C=C\C/C=C\CCC(=O)OC[C@H](COP(=O)(O)OCCN)OC(=O)CCCCCCC/C=C\C=C\C(=O)CCCCC. The number of allylic oxidation sites excluding steroid dienone is 14. The molecule has 0 aliphatic heterocycles. The third kappa shape index (κ3) is 39.1. The summed E-state index contributed by atoms with van der Waals surface area (Å²) in [5.74, 6) is -0.828. The van der Waals surface area contributed by atoms with E-state index in [-0.39, 0.29) is 38.4 Å². The number of hydrogen-bond acceptors (Lipinski definition) is 9. The molecule has 318 valence electrons. The summed E-state index contributed by atoms with van der Waals surface area (Å²) in [5, 5.41) is 0. The summed E-state index contributed by atoms with van der Waals surface area (Å²) in [4.78, 5) is 46.5. The number of ketones is 1. The average Bonchev–Trinajstić information content (AvgIpc) is 3.18. The van der Waals surface area contributed by atoms with Gasteiger partial charge in [-0.2, -0.15) is 0 Å². The lowest BCUT2D eigenvalue weighted by Crippen LogP contribution is -2.29.